The maximum atomic E-state index is 12.2. The van der Waals surface area contributed by atoms with Crippen LogP contribution in [0.15, 0.2) is 34.7 Å². The lowest BCUT2D eigenvalue weighted by atomic mass is 9.96. The lowest BCUT2D eigenvalue weighted by Gasteiger charge is -2.31. The molecule has 1 aromatic carbocycles. The van der Waals surface area contributed by atoms with Gasteiger partial charge >= 0.3 is 6.03 Å². The van der Waals surface area contributed by atoms with Crippen molar-refractivity contribution >= 4 is 11.7 Å². The van der Waals surface area contributed by atoms with Gasteiger partial charge in [0.2, 0.25) is 0 Å². The Morgan fingerprint density at radius 1 is 1.26 bits per heavy atom. The maximum absolute atomic E-state index is 12.2. The van der Waals surface area contributed by atoms with Crippen LogP contribution in [0.5, 0.6) is 5.75 Å². The molecule has 0 spiro atoms. The van der Waals surface area contributed by atoms with Gasteiger partial charge in [-0.05, 0) is 63.9 Å². The first kappa shape index (κ1) is 19.3. The highest BCUT2D eigenvalue weighted by atomic mass is 16.5. The lowest BCUT2D eigenvalue weighted by molar-refractivity contribution is 0.175. The van der Waals surface area contributed by atoms with Gasteiger partial charge in [-0.1, -0.05) is 12.1 Å². The zero-order chi connectivity index (χ0) is 19.2. The van der Waals surface area contributed by atoms with Gasteiger partial charge < -0.3 is 19.8 Å². The summed E-state index contributed by atoms with van der Waals surface area (Å²) in [6.07, 6.45) is 2.18. The molecule has 146 valence electrons. The molecule has 1 fully saturated rings. The van der Waals surface area contributed by atoms with Crippen LogP contribution in [0, 0.1) is 19.8 Å². The zero-order valence-corrected chi connectivity index (χ0v) is 16.4. The van der Waals surface area contributed by atoms with Crippen molar-refractivity contribution in [3.05, 3.63) is 47.4 Å². The number of likely N-dealkylation sites (tertiary alicyclic amines) is 1. The number of para-hydroxylation sites is 2. The summed E-state index contributed by atoms with van der Waals surface area (Å²) >= 11 is 0. The Bertz CT molecular complexity index is 764. The Hall–Kier alpha value is -2.47. The molecule has 0 bridgehead atoms. The van der Waals surface area contributed by atoms with Crippen LogP contribution in [-0.2, 0) is 6.54 Å². The van der Waals surface area contributed by atoms with E-state index in [0.717, 1.165) is 44.0 Å². The third-order valence-electron chi connectivity index (χ3n) is 5.15. The molecule has 0 unspecified atom stereocenters. The first-order valence-corrected chi connectivity index (χ1v) is 9.51. The number of furan rings is 1. The second-order valence-electron chi connectivity index (χ2n) is 7.19. The normalized spacial score (nSPS) is 15.5. The number of ether oxygens (including phenoxy) is 1. The number of anilines is 1. The SMILES string of the molecule is COc1ccccc1NC(=O)NCC1CCN(Cc2cc(C)oc2C)CC1. The molecule has 0 radical (unpaired) electrons. The van der Waals surface area contributed by atoms with Crippen LogP contribution in [0.4, 0.5) is 10.5 Å². The van der Waals surface area contributed by atoms with Crippen LogP contribution in [-0.4, -0.2) is 37.7 Å². The highest BCUT2D eigenvalue weighted by Crippen LogP contribution is 2.23. The number of benzene rings is 1. The fraction of sp³-hybridized carbons (Fsp3) is 0.476. The largest absolute Gasteiger partial charge is 0.495 e. The van der Waals surface area contributed by atoms with Crippen molar-refractivity contribution in [3.63, 3.8) is 0 Å². The molecule has 1 aromatic heterocycles. The van der Waals surface area contributed by atoms with E-state index in [9.17, 15) is 4.79 Å². The highest BCUT2D eigenvalue weighted by molar-refractivity contribution is 5.90. The number of rotatable bonds is 6. The van der Waals surface area contributed by atoms with Crippen molar-refractivity contribution in [2.24, 2.45) is 5.92 Å². The van der Waals surface area contributed by atoms with Gasteiger partial charge in [-0.3, -0.25) is 4.90 Å². The Labute approximate surface area is 160 Å². The number of nitrogens with zero attached hydrogens (tertiary/aromatic N) is 1. The average Bonchev–Trinajstić information content (AvgIpc) is 2.98. The average molecular weight is 371 g/mol. The quantitative estimate of drug-likeness (QED) is 0.807. The van der Waals surface area contributed by atoms with Gasteiger partial charge in [-0.25, -0.2) is 4.79 Å². The minimum absolute atomic E-state index is 0.188. The maximum Gasteiger partial charge on any atom is 0.319 e. The van der Waals surface area contributed by atoms with Gasteiger partial charge in [0.05, 0.1) is 12.8 Å². The van der Waals surface area contributed by atoms with Crippen LogP contribution < -0.4 is 15.4 Å². The van der Waals surface area contributed by atoms with Crippen LogP contribution in [0.2, 0.25) is 0 Å². The molecule has 0 atom stereocenters. The topological polar surface area (TPSA) is 66.7 Å². The third kappa shape index (κ3) is 5.26. The fourth-order valence-electron chi connectivity index (χ4n) is 3.58. The first-order valence-electron chi connectivity index (χ1n) is 9.51. The Morgan fingerprint density at radius 2 is 2.00 bits per heavy atom. The van der Waals surface area contributed by atoms with Crippen LogP contribution in [0.3, 0.4) is 0 Å². The summed E-state index contributed by atoms with van der Waals surface area (Å²) in [5, 5.41) is 5.85. The van der Waals surface area contributed by atoms with Crippen LogP contribution in [0.1, 0.15) is 29.9 Å². The summed E-state index contributed by atoms with van der Waals surface area (Å²) in [5.74, 6) is 3.16. The van der Waals surface area contributed by atoms with E-state index in [1.165, 1.54) is 5.56 Å². The number of methoxy groups -OCH3 is 1. The Balaban J connectivity index is 1.40. The van der Waals surface area contributed by atoms with Crippen molar-refractivity contribution in [3.8, 4) is 5.75 Å². The zero-order valence-electron chi connectivity index (χ0n) is 16.4. The number of piperidine rings is 1. The molecular formula is C21H29N3O3. The number of aryl methyl sites for hydroxylation is 2. The number of carbonyl (C=O) groups excluding carboxylic acids is 1. The van der Waals surface area contributed by atoms with E-state index in [1.807, 2.05) is 38.1 Å². The molecule has 1 saturated heterocycles. The van der Waals surface area contributed by atoms with E-state index < -0.39 is 0 Å². The summed E-state index contributed by atoms with van der Waals surface area (Å²) in [7, 11) is 1.60. The number of hydrogen-bond donors (Lipinski definition) is 2. The molecule has 0 aliphatic carbocycles. The predicted molar refractivity (Wildman–Crippen MR) is 106 cm³/mol. The Morgan fingerprint density at radius 3 is 2.67 bits per heavy atom. The van der Waals surface area contributed by atoms with Gasteiger partial charge in [0.1, 0.15) is 17.3 Å². The lowest BCUT2D eigenvalue weighted by Crippen LogP contribution is -2.39. The van der Waals surface area contributed by atoms with Crippen molar-refractivity contribution < 1.29 is 13.9 Å². The van der Waals surface area contributed by atoms with Gasteiger partial charge in [0.25, 0.3) is 0 Å². The van der Waals surface area contributed by atoms with E-state index >= 15 is 0 Å². The monoisotopic (exact) mass is 371 g/mol. The summed E-state index contributed by atoms with van der Waals surface area (Å²) in [5.41, 5.74) is 1.96. The molecule has 2 amide bonds. The summed E-state index contributed by atoms with van der Waals surface area (Å²) in [6.45, 7) is 7.74. The van der Waals surface area contributed by atoms with Gasteiger partial charge in [0, 0.05) is 18.7 Å². The number of amides is 2. The van der Waals surface area contributed by atoms with E-state index in [1.54, 1.807) is 7.11 Å². The molecule has 6 heteroatoms. The van der Waals surface area contributed by atoms with E-state index in [4.69, 9.17) is 9.15 Å². The minimum Gasteiger partial charge on any atom is -0.495 e. The third-order valence-corrected chi connectivity index (χ3v) is 5.15. The molecule has 1 aliphatic rings. The van der Waals surface area contributed by atoms with Crippen molar-refractivity contribution in [1.82, 2.24) is 10.2 Å². The second kappa shape index (κ2) is 8.95. The smallest absolute Gasteiger partial charge is 0.319 e. The fourth-order valence-corrected chi connectivity index (χ4v) is 3.58. The van der Waals surface area contributed by atoms with Crippen molar-refractivity contribution in [1.29, 1.82) is 0 Å². The Kier molecular flexibility index (Phi) is 6.40. The van der Waals surface area contributed by atoms with E-state index in [2.05, 4.69) is 21.6 Å². The predicted octanol–water partition coefficient (Wildman–Crippen LogP) is 3.94. The summed E-state index contributed by atoms with van der Waals surface area (Å²) < 4.78 is 10.9. The molecule has 2 N–H and O–H groups in total. The molecule has 3 rings (SSSR count). The van der Waals surface area contributed by atoms with Crippen molar-refractivity contribution in [2.45, 2.75) is 33.2 Å². The standard InChI is InChI=1S/C21H29N3O3/c1-15-12-18(16(2)27-15)14-24-10-8-17(9-11-24)13-22-21(25)23-19-6-4-5-7-20(19)26-3/h4-7,12,17H,8-11,13-14H2,1-3H3,(H2,22,23,25). The first-order chi connectivity index (χ1) is 13.0. The van der Waals surface area contributed by atoms with Gasteiger partial charge in [-0.2, -0.15) is 0 Å². The summed E-state index contributed by atoms with van der Waals surface area (Å²) in [4.78, 5) is 14.6. The second-order valence-corrected chi connectivity index (χ2v) is 7.19. The van der Waals surface area contributed by atoms with Gasteiger partial charge in [-0.15, -0.1) is 0 Å². The molecule has 2 heterocycles. The molecule has 0 saturated carbocycles. The molecule has 27 heavy (non-hydrogen) atoms. The molecular weight excluding hydrogens is 342 g/mol. The number of carbonyl (C=O) groups is 1. The van der Waals surface area contributed by atoms with Crippen molar-refractivity contribution in [2.75, 3.05) is 32.1 Å². The highest BCUT2D eigenvalue weighted by Gasteiger charge is 2.21. The molecule has 1 aliphatic heterocycles. The number of hydrogen-bond acceptors (Lipinski definition) is 4. The van der Waals surface area contributed by atoms with E-state index in [0.29, 0.717) is 23.9 Å². The van der Waals surface area contributed by atoms with Crippen LogP contribution in [0.25, 0.3) is 0 Å². The molecule has 6 nitrogen and oxygen atoms in total. The van der Waals surface area contributed by atoms with Crippen LogP contribution >= 0.6 is 0 Å². The van der Waals surface area contributed by atoms with E-state index in [-0.39, 0.29) is 6.03 Å². The summed E-state index contributed by atoms with van der Waals surface area (Å²) in [6, 6.07) is 9.35. The number of urea groups is 1. The number of nitrogens with one attached hydrogen (secondary N) is 2. The van der Waals surface area contributed by atoms with Gasteiger partial charge in [0.15, 0.2) is 0 Å². The molecule has 2 aromatic rings. The minimum atomic E-state index is -0.188.